The summed E-state index contributed by atoms with van der Waals surface area (Å²) in [6.07, 6.45) is 3.52. The lowest BCUT2D eigenvalue weighted by Gasteiger charge is -2.15. The van der Waals surface area contributed by atoms with Crippen LogP contribution in [0.1, 0.15) is 19.3 Å². The van der Waals surface area contributed by atoms with Crippen molar-refractivity contribution in [1.82, 2.24) is 10.9 Å². The highest BCUT2D eigenvalue weighted by Gasteiger charge is 2.10. The number of hydrogen-bond donors (Lipinski definition) is 2. The monoisotopic (exact) mass is 278 g/mol. The van der Waals surface area contributed by atoms with Crippen LogP contribution in [0.5, 0.6) is 5.75 Å². The maximum absolute atomic E-state index is 12.9. The topological polar surface area (TPSA) is 67.4 Å². The number of amides is 1. The molecule has 0 fully saturated rings. The van der Waals surface area contributed by atoms with Crippen molar-refractivity contribution in [3.05, 3.63) is 41.9 Å². The molecular formula is C14H15FN2O3. The zero-order chi connectivity index (χ0) is 14.4. The Morgan fingerprint density at radius 2 is 2.20 bits per heavy atom. The van der Waals surface area contributed by atoms with Crippen LogP contribution in [0, 0.1) is 5.82 Å². The van der Waals surface area contributed by atoms with E-state index in [1.807, 2.05) is 0 Å². The molecule has 2 rings (SSSR count). The molecule has 0 radical (unpaired) electrons. The second-order valence-electron chi connectivity index (χ2n) is 4.41. The van der Waals surface area contributed by atoms with Gasteiger partial charge in [0.05, 0.1) is 0 Å². The minimum absolute atomic E-state index is 0.0454. The van der Waals surface area contributed by atoms with Gasteiger partial charge in [0, 0.05) is 24.3 Å². The van der Waals surface area contributed by atoms with Gasteiger partial charge in [0.25, 0.3) is 5.91 Å². The van der Waals surface area contributed by atoms with E-state index in [0.29, 0.717) is 12.1 Å². The molecule has 0 aliphatic heterocycles. The molecule has 1 amide bonds. The van der Waals surface area contributed by atoms with Crippen LogP contribution in [-0.4, -0.2) is 18.3 Å². The minimum Gasteiger partial charge on any atom is -0.484 e. The molecule has 0 heterocycles. The summed E-state index contributed by atoms with van der Waals surface area (Å²) >= 11 is 0. The Kier molecular flexibility index (Phi) is 4.70. The largest absolute Gasteiger partial charge is 0.484 e. The van der Waals surface area contributed by atoms with E-state index < -0.39 is 11.7 Å². The lowest BCUT2D eigenvalue weighted by molar-refractivity contribution is -0.124. The number of ether oxygens (including phenoxy) is 1. The van der Waals surface area contributed by atoms with E-state index in [4.69, 9.17) is 4.74 Å². The molecule has 0 atom stereocenters. The van der Waals surface area contributed by atoms with Crippen molar-refractivity contribution in [2.24, 2.45) is 0 Å². The summed E-state index contributed by atoms with van der Waals surface area (Å²) in [5, 5.41) is 0. The van der Waals surface area contributed by atoms with Gasteiger partial charge in [-0.1, -0.05) is 6.07 Å². The first-order valence-corrected chi connectivity index (χ1v) is 6.30. The normalized spacial score (nSPS) is 14.4. The molecular weight excluding hydrogens is 263 g/mol. The van der Waals surface area contributed by atoms with E-state index in [2.05, 4.69) is 10.9 Å². The third-order valence-corrected chi connectivity index (χ3v) is 2.73. The first-order chi connectivity index (χ1) is 9.63. The lowest BCUT2D eigenvalue weighted by atomic mass is 10.0. The number of hydrazine groups is 1. The standard InChI is InChI=1S/C14H15FN2O3/c15-10-3-1-6-13(7-10)20-9-14(19)17-16-11-4-2-5-12(18)8-11/h1,3,6-8,16H,2,4-5,9H2,(H,17,19). The second-order valence-corrected chi connectivity index (χ2v) is 4.41. The number of nitrogens with one attached hydrogen (secondary N) is 2. The van der Waals surface area contributed by atoms with E-state index in [1.54, 1.807) is 6.07 Å². The number of carbonyl (C=O) groups excluding carboxylic acids is 2. The average molecular weight is 278 g/mol. The van der Waals surface area contributed by atoms with Crippen LogP contribution in [-0.2, 0) is 9.59 Å². The summed E-state index contributed by atoms with van der Waals surface area (Å²) in [7, 11) is 0. The van der Waals surface area contributed by atoms with Crippen molar-refractivity contribution >= 4 is 11.7 Å². The quantitative estimate of drug-likeness (QED) is 0.800. The maximum atomic E-state index is 12.9. The van der Waals surface area contributed by atoms with Gasteiger partial charge in [-0.3, -0.25) is 15.0 Å². The zero-order valence-corrected chi connectivity index (χ0v) is 10.8. The fraction of sp³-hybridized carbons (Fsp3) is 0.286. The Morgan fingerprint density at radius 1 is 1.35 bits per heavy atom. The number of allylic oxidation sites excluding steroid dienone is 2. The first kappa shape index (κ1) is 14.0. The van der Waals surface area contributed by atoms with Gasteiger partial charge in [-0.05, 0) is 25.0 Å². The summed E-state index contributed by atoms with van der Waals surface area (Å²) < 4.78 is 18.0. The van der Waals surface area contributed by atoms with Crippen LogP contribution in [0.25, 0.3) is 0 Å². The van der Waals surface area contributed by atoms with Crippen molar-refractivity contribution in [2.75, 3.05) is 6.61 Å². The molecule has 1 aliphatic rings. The van der Waals surface area contributed by atoms with Crippen LogP contribution in [0.4, 0.5) is 4.39 Å². The molecule has 20 heavy (non-hydrogen) atoms. The lowest BCUT2D eigenvalue weighted by Crippen LogP contribution is -2.40. The molecule has 6 heteroatoms. The Balaban J connectivity index is 1.74. The van der Waals surface area contributed by atoms with Crippen molar-refractivity contribution in [3.63, 3.8) is 0 Å². The molecule has 1 aromatic rings. The van der Waals surface area contributed by atoms with Gasteiger partial charge in [0.1, 0.15) is 11.6 Å². The molecule has 0 unspecified atom stereocenters. The Bertz CT molecular complexity index is 543. The predicted molar refractivity (Wildman–Crippen MR) is 70.1 cm³/mol. The van der Waals surface area contributed by atoms with Gasteiger partial charge >= 0.3 is 0 Å². The molecule has 0 saturated heterocycles. The number of rotatable bonds is 5. The molecule has 2 N–H and O–H groups in total. The molecule has 0 spiro atoms. The Labute approximate surface area is 115 Å². The van der Waals surface area contributed by atoms with Crippen LogP contribution in [0.3, 0.4) is 0 Å². The van der Waals surface area contributed by atoms with Crippen molar-refractivity contribution < 1.29 is 18.7 Å². The van der Waals surface area contributed by atoms with Crippen molar-refractivity contribution in [2.45, 2.75) is 19.3 Å². The van der Waals surface area contributed by atoms with E-state index in [0.717, 1.165) is 12.8 Å². The maximum Gasteiger partial charge on any atom is 0.276 e. The number of hydrogen-bond acceptors (Lipinski definition) is 4. The third kappa shape index (κ3) is 4.38. The molecule has 5 nitrogen and oxygen atoms in total. The molecule has 1 aliphatic carbocycles. The van der Waals surface area contributed by atoms with Crippen molar-refractivity contribution in [3.8, 4) is 5.75 Å². The van der Waals surface area contributed by atoms with E-state index >= 15 is 0 Å². The van der Waals surface area contributed by atoms with Gasteiger partial charge < -0.3 is 10.2 Å². The summed E-state index contributed by atoms with van der Waals surface area (Å²) in [6.45, 7) is -0.238. The summed E-state index contributed by atoms with van der Waals surface area (Å²) in [5.74, 6) is -0.503. The van der Waals surface area contributed by atoms with Crippen molar-refractivity contribution in [1.29, 1.82) is 0 Å². The van der Waals surface area contributed by atoms with Gasteiger partial charge in [-0.2, -0.15) is 0 Å². The van der Waals surface area contributed by atoms with Crippen LogP contribution in [0.2, 0.25) is 0 Å². The number of halogens is 1. The number of benzene rings is 1. The molecule has 0 saturated carbocycles. The fourth-order valence-electron chi connectivity index (χ4n) is 1.78. The first-order valence-electron chi connectivity index (χ1n) is 6.30. The second kappa shape index (κ2) is 6.70. The minimum atomic E-state index is -0.424. The highest BCUT2D eigenvalue weighted by Crippen LogP contribution is 2.12. The van der Waals surface area contributed by atoms with Crippen LogP contribution in [0.15, 0.2) is 36.0 Å². The molecule has 0 bridgehead atoms. The van der Waals surface area contributed by atoms with Gasteiger partial charge in [-0.25, -0.2) is 4.39 Å². The summed E-state index contributed by atoms with van der Waals surface area (Å²) in [6, 6.07) is 5.55. The molecule has 106 valence electrons. The average Bonchev–Trinajstić information content (AvgIpc) is 2.43. The number of ketones is 1. The van der Waals surface area contributed by atoms with E-state index in [-0.39, 0.29) is 18.1 Å². The highest BCUT2D eigenvalue weighted by atomic mass is 19.1. The third-order valence-electron chi connectivity index (χ3n) is 2.73. The predicted octanol–water partition coefficient (Wildman–Crippen LogP) is 1.46. The Hall–Kier alpha value is -2.37. The van der Waals surface area contributed by atoms with Gasteiger partial charge in [0.2, 0.25) is 0 Å². The SMILES string of the molecule is O=C1C=C(NNC(=O)COc2cccc(F)c2)CCC1. The molecule has 0 aromatic heterocycles. The zero-order valence-electron chi connectivity index (χ0n) is 10.8. The Morgan fingerprint density at radius 3 is 2.95 bits per heavy atom. The smallest absolute Gasteiger partial charge is 0.276 e. The fourth-order valence-corrected chi connectivity index (χ4v) is 1.78. The van der Waals surface area contributed by atoms with Crippen LogP contribution >= 0.6 is 0 Å². The summed E-state index contributed by atoms with van der Waals surface area (Å²) in [5.41, 5.74) is 5.80. The summed E-state index contributed by atoms with van der Waals surface area (Å²) in [4.78, 5) is 22.7. The molecule has 1 aromatic carbocycles. The highest BCUT2D eigenvalue weighted by molar-refractivity contribution is 5.91. The van der Waals surface area contributed by atoms with Crippen LogP contribution < -0.4 is 15.6 Å². The van der Waals surface area contributed by atoms with Gasteiger partial charge in [-0.15, -0.1) is 0 Å². The van der Waals surface area contributed by atoms with E-state index in [1.165, 1.54) is 24.3 Å². The van der Waals surface area contributed by atoms with E-state index in [9.17, 15) is 14.0 Å². The number of carbonyl (C=O) groups is 2. The van der Waals surface area contributed by atoms with Gasteiger partial charge in [0.15, 0.2) is 12.4 Å².